The van der Waals surface area contributed by atoms with E-state index < -0.39 is 0 Å². The molecule has 0 spiro atoms. The van der Waals surface area contributed by atoms with Crippen LogP contribution >= 0.6 is 11.3 Å². The van der Waals surface area contributed by atoms with Crippen LogP contribution in [0.15, 0.2) is 206 Å². The third-order valence-corrected chi connectivity index (χ3v) is 12.1. The van der Waals surface area contributed by atoms with Crippen molar-refractivity contribution in [3.63, 3.8) is 0 Å². The summed E-state index contributed by atoms with van der Waals surface area (Å²) in [5.74, 6) is 0. The zero-order chi connectivity index (χ0) is 36.3. The summed E-state index contributed by atoms with van der Waals surface area (Å²) in [6.07, 6.45) is 0. The first-order valence-electron chi connectivity index (χ1n) is 18.8. The maximum atomic E-state index is 2.42. The number of hydrogen-bond donors (Lipinski definition) is 0. The van der Waals surface area contributed by atoms with Crippen molar-refractivity contribution < 1.29 is 0 Å². The SMILES string of the molecule is c1cc(-c2ccc3ccccc3c2)cc(N(c2ccc(-c3ccccc3-n3c4ccccc4c4ccccc43)cc2)c2ccc3sc4ccccc4c3c2)c1. The average Bonchev–Trinajstić information content (AvgIpc) is 3.80. The molecule has 11 rings (SSSR count). The Morgan fingerprint density at radius 2 is 0.945 bits per heavy atom. The quantitative estimate of drug-likeness (QED) is 0.166. The molecular weight excluding hydrogens is 685 g/mol. The highest BCUT2D eigenvalue weighted by Crippen LogP contribution is 2.43. The molecule has 0 amide bonds. The second-order valence-corrected chi connectivity index (χ2v) is 15.2. The fraction of sp³-hybridized carbons (Fsp3) is 0. The summed E-state index contributed by atoms with van der Waals surface area (Å²) in [5, 5.41) is 7.60. The molecule has 0 aliphatic carbocycles. The van der Waals surface area contributed by atoms with Gasteiger partial charge in [0.15, 0.2) is 0 Å². The van der Waals surface area contributed by atoms with Crippen LogP contribution in [0.2, 0.25) is 0 Å². The predicted octanol–water partition coefficient (Wildman–Crippen LogP) is 15.1. The van der Waals surface area contributed by atoms with Gasteiger partial charge in [-0.15, -0.1) is 11.3 Å². The highest BCUT2D eigenvalue weighted by Gasteiger charge is 2.18. The molecule has 2 nitrogen and oxygen atoms in total. The molecule has 11 aromatic rings. The molecule has 2 heterocycles. The third kappa shape index (κ3) is 5.32. The Balaban J connectivity index is 1.06. The van der Waals surface area contributed by atoms with Crippen molar-refractivity contribution in [1.29, 1.82) is 0 Å². The zero-order valence-electron chi connectivity index (χ0n) is 29.9. The van der Waals surface area contributed by atoms with Crippen molar-refractivity contribution in [3.05, 3.63) is 206 Å². The van der Waals surface area contributed by atoms with Crippen molar-refractivity contribution in [1.82, 2.24) is 4.57 Å². The van der Waals surface area contributed by atoms with Crippen LogP contribution in [0.4, 0.5) is 17.1 Å². The summed E-state index contributed by atoms with van der Waals surface area (Å²) in [4.78, 5) is 2.40. The van der Waals surface area contributed by atoms with Crippen LogP contribution in [-0.4, -0.2) is 4.57 Å². The summed E-state index contributed by atoms with van der Waals surface area (Å²) < 4.78 is 5.02. The minimum atomic E-state index is 1.10. The minimum Gasteiger partial charge on any atom is -0.310 e. The van der Waals surface area contributed by atoms with Gasteiger partial charge < -0.3 is 9.47 Å². The molecule has 55 heavy (non-hydrogen) atoms. The van der Waals surface area contributed by atoms with Crippen molar-refractivity contribution >= 4 is 81.1 Å². The maximum Gasteiger partial charge on any atom is 0.0541 e. The minimum absolute atomic E-state index is 1.10. The standard InChI is InChI=1S/C52H34N2S/c1-2-13-37-32-39(25-24-35(37)12-1)38-14-11-15-41(33-38)53(42-30-31-52-47(34-42)46-19-6-10-23-51(46)55-52)40-28-26-36(27-29-40)43-16-3-7-20-48(43)54-49-21-8-4-17-44(49)45-18-5-9-22-50(45)54/h1-34H. The van der Waals surface area contributed by atoms with Gasteiger partial charge in [0, 0.05) is 53.6 Å². The number of nitrogens with zero attached hydrogens (tertiary/aromatic N) is 2. The molecule has 0 aliphatic rings. The first-order chi connectivity index (χ1) is 27.3. The molecule has 0 saturated heterocycles. The highest BCUT2D eigenvalue weighted by molar-refractivity contribution is 7.25. The lowest BCUT2D eigenvalue weighted by molar-refractivity contribution is 1.18. The number of thiophene rings is 1. The Labute approximate surface area is 323 Å². The van der Waals surface area contributed by atoms with E-state index in [2.05, 4.69) is 216 Å². The van der Waals surface area contributed by atoms with E-state index in [9.17, 15) is 0 Å². The van der Waals surface area contributed by atoms with Gasteiger partial charge in [0.05, 0.1) is 16.7 Å². The molecule has 9 aromatic carbocycles. The molecule has 0 bridgehead atoms. The number of benzene rings is 9. The molecule has 0 saturated carbocycles. The molecule has 0 radical (unpaired) electrons. The van der Waals surface area contributed by atoms with Crippen LogP contribution in [-0.2, 0) is 0 Å². The van der Waals surface area contributed by atoms with E-state index in [4.69, 9.17) is 0 Å². The molecule has 258 valence electrons. The molecular formula is C52H34N2S. The average molecular weight is 719 g/mol. The fourth-order valence-electron chi connectivity index (χ4n) is 8.38. The number of fused-ring (bicyclic) bond motifs is 7. The van der Waals surface area contributed by atoms with Gasteiger partial charge in [0.25, 0.3) is 0 Å². The Morgan fingerprint density at radius 1 is 0.345 bits per heavy atom. The van der Waals surface area contributed by atoms with Gasteiger partial charge in [-0.05, 0) is 100 Å². The number of anilines is 3. The summed E-state index contributed by atoms with van der Waals surface area (Å²) in [7, 11) is 0. The Bertz CT molecular complexity index is 3170. The normalized spacial score (nSPS) is 11.6. The largest absolute Gasteiger partial charge is 0.310 e. The lowest BCUT2D eigenvalue weighted by Crippen LogP contribution is -2.10. The van der Waals surface area contributed by atoms with Gasteiger partial charge in [-0.25, -0.2) is 0 Å². The van der Waals surface area contributed by atoms with E-state index in [1.807, 2.05) is 11.3 Å². The van der Waals surface area contributed by atoms with E-state index in [1.54, 1.807) is 0 Å². The maximum absolute atomic E-state index is 2.42. The second kappa shape index (κ2) is 12.9. The van der Waals surface area contributed by atoms with E-state index in [1.165, 1.54) is 80.7 Å². The lowest BCUT2D eigenvalue weighted by atomic mass is 10.00. The molecule has 2 aromatic heterocycles. The first kappa shape index (κ1) is 31.6. The second-order valence-electron chi connectivity index (χ2n) is 14.2. The van der Waals surface area contributed by atoms with E-state index in [0.29, 0.717) is 0 Å². The van der Waals surface area contributed by atoms with Gasteiger partial charge in [0.1, 0.15) is 0 Å². The van der Waals surface area contributed by atoms with Gasteiger partial charge in [0.2, 0.25) is 0 Å². The smallest absolute Gasteiger partial charge is 0.0541 e. The monoisotopic (exact) mass is 718 g/mol. The Morgan fingerprint density at radius 3 is 1.76 bits per heavy atom. The molecule has 0 N–H and O–H groups in total. The molecule has 0 fully saturated rings. The van der Waals surface area contributed by atoms with Crippen molar-refractivity contribution in [3.8, 4) is 27.9 Å². The topological polar surface area (TPSA) is 8.17 Å². The van der Waals surface area contributed by atoms with Crippen LogP contribution in [0.1, 0.15) is 0 Å². The van der Waals surface area contributed by atoms with E-state index in [-0.39, 0.29) is 0 Å². The molecule has 0 atom stereocenters. The summed E-state index contributed by atoms with van der Waals surface area (Å²) in [6, 6.07) is 75.3. The summed E-state index contributed by atoms with van der Waals surface area (Å²) in [6.45, 7) is 0. The van der Waals surface area contributed by atoms with Crippen LogP contribution in [0.25, 0.3) is 80.7 Å². The molecule has 3 heteroatoms. The van der Waals surface area contributed by atoms with Crippen LogP contribution in [0.3, 0.4) is 0 Å². The van der Waals surface area contributed by atoms with Gasteiger partial charge in [-0.1, -0.05) is 133 Å². The first-order valence-corrected chi connectivity index (χ1v) is 19.6. The lowest BCUT2D eigenvalue weighted by Gasteiger charge is -2.26. The van der Waals surface area contributed by atoms with Crippen LogP contribution in [0.5, 0.6) is 0 Å². The Kier molecular flexibility index (Phi) is 7.39. The summed E-state index contributed by atoms with van der Waals surface area (Å²) in [5.41, 5.74) is 11.7. The summed E-state index contributed by atoms with van der Waals surface area (Å²) >= 11 is 1.85. The van der Waals surface area contributed by atoms with Crippen molar-refractivity contribution in [2.75, 3.05) is 4.90 Å². The van der Waals surface area contributed by atoms with Crippen molar-refractivity contribution in [2.45, 2.75) is 0 Å². The molecule has 0 aliphatic heterocycles. The van der Waals surface area contributed by atoms with E-state index >= 15 is 0 Å². The van der Waals surface area contributed by atoms with Crippen LogP contribution in [0, 0.1) is 0 Å². The number of hydrogen-bond acceptors (Lipinski definition) is 2. The zero-order valence-corrected chi connectivity index (χ0v) is 30.7. The third-order valence-electron chi connectivity index (χ3n) is 11.0. The number of para-hydroxylation sites is 3. The highest BCUT2D eigenvalue weighted by atomic mass is 32.1. The van der Waals surface area contributed by atoms with Gasteiger partial charge in [-0.2, -0.15) is 0 Å². The van der Waals surface area contributed by atoms with Crippen molar-refractivity contribution in [2.24, 2.45) is 0 Å². The van der Waals surface area contributed by atoms with Gasteiger partial charge >= 0.3 is 0 Å². The van der Waals surface area contributed by atoms with Crippen LogP contribution < -0.4 is 4.90 Å². The van der Waals surface area contributed by atoms with E-state index in [0.717, 1.165) is 17.1 Å². The fourth-order valence-corrected chi connectivity index (χ4v) is 9.47. The number of aromatic nitrogens is 1. The number of rotatable bonds is 6. The molecule has 0 unspecified atom stereocenters. The predicted molar refractivity (Wildman–Crippen MR) is 237 cm³/mol. The Hall–Kier alpha value is -6.94. The van der Waals surface area contributed by atoms with Gasteiger partial charge in [-0.3, -0.25) is 0 Å².